The first-order valence-corrected chi connectivity index (χ1v) is 13.8. The van der Waals surface area contributed by atoms with E-state index in [2.05, 4.69) is 9.55 Å². The van der Waals surface area contributed by atoms with Gasteiger partial charge in [-0.15, -0.1) is 0 Å². The molecule has 1 fully saturated rings. The Hall–Kier alpha value is -3.74. The van der Waals surface area contributed by atoms with Crippen LogP contribution in [0.15, 0.2) is 48.8 Å². The van der Waals surface area contributed by atoms with Crippen molar-refractivity contribution in [2.24, 2.45) is 0 Å². The quantitative estimate of drug-likeness (QED) is 0.305. The lowest BCUT2D eigenvalue weighted by molar-refractivity contribution is -0.138. The second-order valence-corrected chi connectivity index (χ2v) is 10.4. The summed E-state index contributed by atoms with van der Waals surface area (Å²) >= 11 is 0. The van der Waals surface area contributed by atoms with Gasteiger partial charge < -0.3 is 33.5 Å². The first kappa shape index (κ1) is 31.2. The van der Waals surface area contributed by atoms with E-state index in [1.807, 2.05) is 36.2 Å². The maximum atomic E-state index is 13.7. The van der Waals surface area contributed by atoms with Gasteiger partial charge in [0.05, 0.1) is 20.3 Å². The molecule has 0 aliphatic carbocycles. The molecule has 42 heavy (non-hydrogen) atoms. The Morgan fingerprint density at radius 2 is 1.83 bits per heavy atom. The zero-order valence-electron chi connectivity index (χ0n) is 24.2. The molecule has 2 aromatic carbocycles. The van der Waals surface area contributed by atoms with Gasteiger partial charge in [0.25, 0.3) is 0 Å². The van der Waals surface area contributed by atoms with Crippen molar-refractivity contribution in [3.63, 3.8) is 0 Å². The number of hydrogen-bond donors (Lipinski definition) is 1. The standard InChI is InChI=1S/C30H38F2N4O6/c1-22-33-7-9-35(22)8-4-12-41-28-13-23(5-6-27(28)40-3)17-34-10-11-36(29(37)18-39-2)20-30(38,19-34)21-42-26-15-24(31)14-25(32)16-26/h5-7,9,13-16,38H,4,8,10-12,17-21H2,1-3H3/t30-/m1/s1. The third kappa shape index (κ3) is 8.63. The Kier molecular flexibility index (Phi) is 10.7. The van der Waals surface area contributed by atoms with Crippen LogP contribution in [-0.2, 0) is 22.6 Å². The van der Waals surface area contributed by atoms with E-state index in [1.54, 1.807) is 13.3 Å². The van der Waals surface area contributed by atoms with Gasteiger partial charge in [0.2, 0.25) is 5.91 Å². The number of hydrogen-bond acceptors (Lipinski definition) is 8. The predicted octanol–water partition coefficient (Wildman–Crippen LogP) is 3.05. The van der Waals surface area contributed by atoms with Gasteiger partial charge in [0.1, 0.15) is 42.0 Å². The van der Waals surface area contributed by atoms with Crippen LogP contribution < -0.4 is 14.2 Å². The van der Waals surface area contributed by atoms with Crippen molar-refractivity contribution in [2.45, 2.75) is 32.0 Å². The molecule has 1 aliphatic heterocycles. The summed E-state index contributed by atoms with van der Waals surface area (Å²) in [6.07, 6.45) is 4.49. The van der Waals surface area contributed by atoms with E-state index in [1.165, 1.54) is 12.0 Å². The van der Waals surface area contributed by atoms with E-state index >= 15 is 0 Å². The van der Waals surface area contributed by atoms with Gasteiger partial charge in [-0.2, -0.15) is 0 Å². The van der Waals surface area contributed by atoms with Crippen LogP contribution >= 0.6 is 0 Å². The Morgan fingerprint density at radius 3 is 2.52 bits per heavy atom. The number of methoxy groups -OCH3 is 2. The van der Waals surface area contributed by atoms with Gasteiger partial charge in [0, 0.05) is 70.4 Å². The molecule has 228 valence electrons. The monoisotopic (exact) mass is 588 g/mol. The van der Waals surface area contributed by atoms with Crippen LogP contribution in [0.2, 0.25) is 0 Å². The van der Waals surface area contributed by atoms with Gasteiger partial charge in [-0.3, -0.25) is 9.69 Å². The predicted molar refractivity (Wildman–Crippen MR) is 151 cm³/mol. The first-order valence-electron chi connectivity index (χ1n) is 13.8. The first-order chi connectivity index (χ1) is 20.2. The minimum atomic E-state index is -1.53. The summed E-state index contributed by atoms with van der Waals surface area (Å²) in [6.45, 7) is 4.19. The normalized spacial score (nSPS) is 17.6. The highest BCUT2D eigenvalue weighted by molar-refractivity contribution is 5.77. The summed E-state index contributed by atoms with van der Waals surface area (Å²) in [5.41, 5.74) is -0.608. The smallest absolute Gasteiger partial charge is 0.248 e. The molecule has 1 saturated heterocycles. The summed E-state index contributed by atoms with van der Waals surface area (Å²) in [6, 6.07) is 8.50. The molecule has 4 rings (SSSR count). The highest BCUT2D eigenvalue weighted by Gasteiger charge is 2.37. The van der Waals surface area contributed by atoms with Crippen LogP contribution in [0.3, 0.4) is 0 Å². The van der Waals surface area contributed by atoms with Crippen LogP contribution in [-0.4, -0.2) is 96.2 Å². The van der Waals surface area contributed by atoms with Crippen LogP contribution in [0.25, 0.3) is 0 Å². The summed E-state index contributed by atoms with van der Waals surface area (Å²) in [4.78, 5) is 20.5. The number of imidazole rings is 1. The van der Waals surface area contributed by atoms with Gasteiger partial charge in [-0.1, -0.05) is 6.07 Å². The number of rotatable bonds is 13. The van der Waals surface area contributed by atoms with Gasteiger partial charge >= 0.3 is 0 Å². The van der Waals surface area contributed by atoms with Gasteiger partial charge in [-0.25, -0.2) is 13.8 Å². The van der Waals surface area contributed by atoms with E-state index in [4.69, 9.17) is 18.9 Å². The van der Waals surface area contributed by atoms with Crippen molar-refractivity contribution in [3.8, 4) is 17.2 Å². The Morgan fingerprint density at radius 1 is 1.05 bits per heavy atom. The Labute approximate surface area is 244 Å². The van der Waals surface area contributed by atoms with Crippen LogP contribution in [0, 0.1) is 18.6 Å². The molecule has 1 N–H and O–H groups in total. The average Bonchev–Trinajstić information content (AvgIpc) is 3.28. The number of aromatic nitrogens is 2. The Bertz CT molecular complexity index is 1320. The van der Waals surface area contributed by atoms with Gasteiger partial charge in [-0.05, 0) is 31.0 Å². The number of nitrogens with zero attached hydrogens (tertiary/aromatic N) is 4. The molecule has 0 unspecified atom stereocenters. The number of halogens is 2. The fourth-order valence-corrected chi connectivity index (χ4v) is 4.97. The molecular formula is C30H38F2N4O6. The highest BCUT2D eigenvalue weighted by atomic mass is 19.1. The molecule has 0 radical (unpaired) electrons. The summed E-state index contributed by atoms with van der Waals surface area (Å²) < 4.78 is 51.7. The third-order valence-corrected chi connectivity index (χ3v) is 7.01. The summed E-state index contributed by atoms with van der Waals surface area (Å²) in [5.74, 6) is 0.263. The lowest BCUT2D eigenvalue weighted by Gasteiger charge is -2.33. The summed E-state index contributed by atoms with van der Waals surface area (Å²) in [5, 5.41) is 11.6. The highest BCUT2D eigenvalue weighted by Crippen LogP contribution is 2.29. The molecule has 0 bridgehead atoms. The molecule has 0 saturated carbocycles. The number of carbonyl (C=O) groups is 1. The SMILES string of the molecule is COCC(=O)N1CCN(Cc2ccc(OC)c(OCCCn3ccnc3C)c2)C[C@](O)(COc2cc(F)cc(F)c2)C1. The molecule has 10 nitrogen and oxygen atoms in total. The fraction of sp³-hybridized carbons (Fsp3) is 0.467. The molecule has 1 atom stereocenters. The molecule has 2 heterocycles. The van der Waals surface area contributed by atoms with Crippen molar-refractivity contribution in [2.75, 3.05) is 60.2 Å². The Balaban J connectivity index is 1.45. The second-order valence-electron chi connectivity index (χ2n) is 10.4. The maximum Gasteiger partial charge on any atom is 0.248 e. The third-order valence-electron chi connectivity index (χ3n) is 7.01. The number of aliphatic hydroxyl groups is 1. The number of β-amino-alcohol motifs (C(OH)–C–C–N with tert-alkyl or cyclic N) is 1. The number of ether oxygens (including phenoxy) is 4. The van der Waals surface area contributed by atoms with E-state index in [0.717, 1.165) is 42.6 Å². The molecule has 1 amide bonds. The van der Waals surface area contributed by atoms with E-state index in [9.17, 15) is 18.7 Å². The van der Waals surface area contributed by atoms with Crippen molar-refractivity contribution >= 4 is 5.91 Å². The number of carbonyl (C=O) groups excluding carboxylic acids is 1. The molecular weight excluding hydrogens is 550 g/mol. The molecule has 12 heteroatoms. The zero-order chi connectivity index (χ0) is 30.1. The minimum absolute atomic E-state index is 0.0309. The largest absolute Gasteiger partial charge is 0.493 e. The lowest BCUT2D eigenvalue weighted by Crippen LogP contribution is -2.52. The number of amides is 1. The fourth-order valence-electron chi connectivity index (χ4n) is 4.97. The number of aryl methyl sites for hydroxylation is 2. The molecule has 0 spiro atoms. The second kappa shape index (κ2) is 14.4. The molecule has 1 aromatic heterocycles. The van der Waals surface area contributed by atoms with Crippen molar-refractivity contribution in [1.82, 2.24) is 19.4 Å². The van der Waals surface area contributed by atoms with E-state index in [-0.39, 0.29) is 38.0 Å². The lowest BCUT2D eigenvalue weighted by atomic mass is 10.0. The van der Waals surface area contributed by atoms with Crippen LogP contribution in [0.1, 0.15) is 17.8 Å². The van der Waals surface area contributed by atoms with Crippen molar-refractivity contribution < 1.29 is 37.6 Å². The average molecular weight is 589 g/mol. The minimum Gasteiger partial charge on any atom is -0.493 e. The topological polar surface area (TPSA) is 98.5 Å². The van der Waals surface area contributed by atoms with Gasteiger partial charge in [0.15, 0.2) is 11.5 Å². The summed E-state index contributed by atoms with van der Waals surface area (Å²) in [7, 11) is 3.01. The van der Waals surface area contributed by atoms with Crippen molar-refractivity contribution in [3.05, 3.63) is 71.8 Å². The van der Waals surface area contributed by atoms with Crippen LogP contribution in [0.4, 0.5) is 8.78 Å². The maximum absolute atomic E-state index is 13.7. The van der Waals surface area contributed by atoms with E-state index in [0.29, 0.717) is 37.7 Å². The van der Waals surface area contributed by atoms with Crippen LogP contribution in [0.5, 0.6) is 17.2 Å². The molecule has 3 aromatic rings. The molecule has 1 aliphatic rings. The van der Waals surface area contributed by atoms with E-state index < -0.39 is 17.2 Å². The van der Waals surface area contributed by atoms with Crippen molar-refractivity contribution in [1.29, 1.82) is 0 Å². The zero-order valence-corrected chi connectivity index (χ0v) is 24.2. The number of benzene rings is 2.